The van der Waals surface area contributed by atoms with E-state index in [0.717, 1.165) is 42.2 Å². The molecule has 1 amide bonds. The van der Waals surface area contributed by atoms with Crippen molar-refractivity contribution in [2.24, 2.45) is 0 Å². The van der Waals surface area contributed by atoms with Crippen molar-refractivity contribution in [2.75, 3.05) is 13.3 Å². The van der Waals surface area contributed by atoms with E-state index in [1.807, 2.05) is 91.0 Å². The molecule has 7 nitrogen and oxygen atoms in total. The first-order chi connectivity index (χ1) is 18.6. The van der Waals surface area contributed by atoms with Crippen molar-refractivity contribution in [2.45, 2.75) is 44.4 Å². The lowest BCUT2D eigenvalue weighted by atomic mass is 9.86. The summed E-state index contributed by atoms with van der Waals surface area (Å²) in [6.07, 6.45) is 2.95. The number of likely N-dealkylation sites (tertiary alicyclic amines) is 1. The third-order valence-corrected chi connectivity index (χ3v) is 9.24. The fourth-order valence-corrected chi connectivity index (χ4v) is 6.16. The number of carbonyl (C=O) groups is 2. The van der Waals surface area contributed by atoms with E-state index < -0.39 is 19.6 Å². The molecule has 0 N–H and O–H groups in total. The molecule has 3 unspecified atom stereocenters. The van der Waals surface area contributed by atoms with Crippen LogP contribution in [0, 0.1) is 0 Å². The van der Waals surface area contributed by atoms with Gasteiger partial charge >= 0.3 is 13.7 Å². The first-order valence-electron chi connectivity index (χ1n) is 12.7. The molecular formula is C29H34NO6P2+. The van der Waals surface area contributed by atoms with Crippen LogP contribution in [0.5, 0.6) is 0 Å². The fourth-order valence-electron chi connectivity index (χ4n) is 4.45. The quantitative estimate of drug-likeness (QED) is 0.137. The molecule has 1 heterocycles. The first-order valence-corrected chi connectivity index (χ1v) is 15.9. The number of rotatable bonds is 12. The molecule has 3 aromatic rings. The van der Waals surface area contributed by atoms with Gasteiger partial charge in [-0.05, 0) is 36.0 Å². The molecule has 9 heteroatoms. The highest BCUT2D eigenvalue weighted by atomic mass is 32.1. The van der Waals surface area contributed by atoms with Crippen molar-refractivity contribution in [3.05, 3.63) is 108 Å². The molecule has 1 saturated heterocycles. The molecule has 1 aliphatic rings. The average Bonchev–Trinajstić information content (AvgIpc) is 2.97. The van der Waals surface area contributed by atoms with Crippen molar-refractivity contribution in [1.82, 2.24) is 4.90 Å². The number of nitrogens with zero attached hydrogens (tertiary/aromatic N) is 1. The van der Waals surface area contributed by atoms with E-state index in [2.05, 4.69) is 8.93 Å². The number of carbonyl (C=O) groups excluding carboxylic acids is 2. The highest BCUT2D eigenvalue weighted by Crippen LogP contribution is 2.70. The zero-order valence-electron chi connectivity index (χ0n) is 21.3. The lowest BCUT2D eigenvalue weighted by Gasteiger charge is -2.37. The van der Waals surface area contributed by atoms with Crippen molar-refractivity contribution in [3.8, 4) is 0 Å². The molecule has 200 valence electrons. The summed E-state index contributed by atoms with van der Waals surface area (Å²) in [5.41, 5.74) is 2.84. The molecule has 4 rings (SSSR count). The minimum absolute atomic E-state index is 0.268. The zero-order valence-corrected chi connectivity index (χ0v) is 23.3. The van der Waals surface area contributed by atoms with Gasteiger partial charge in [0.15, 0.2) is 0 Å². The summed E-state index contributed by atoms with van der Waals surface area (Å²) in [5.74, 6) is -0.415. The Hall–Kier alpha value is -2.66. The lowest BCUT2D eigenvalue weighted by molar-refractivity contribution is -0.110. The van der Waals surface area contributed by atoms with Crippen LogP contribution in [0.3, 0.4) is 0 Å². The third-order valence-electron chi connectivity index (χ3n) is 6.45. The molecule has 0 bridgehead atoms. The van der Waals surface area contributed by atoms with Gasteiger partial charge in [0.05, 0.1) is 5.92 Å². The van der Waals surface area contributed by atoms with E-state index >= 15 is 0 Å². The van der Waals surface area contributed by atoms with Gasteiger partial charge in [-0.1, -0.05) is 91.0 Å². The SMILES string of the molecule is O=CC(c1ccccc1)C1CCCCN1C(=O)OCO[P+](P)(OCc1ccccc1)OCc1ccccc1. The molecular weight excluding hydrogens is 520 g/mol. The number of ether oxygens (including phenoxy) is 1. The molecule has 38 heavy (non-hydrogen) atoms. The second-order valence-electron chi connectivity index (χ2n) is 9.04. The lowest BCUT2D eigenvalue weighted by Crippen LogP contribution is -2.47. The van der Waals surface area contributed by atoms with Gasteiger partial charge in [-0.3, -0.25) is 0 Å². The molecule has 3 aromatic carbocycles. The number of hydrogen-bond donors (Lipinski definition) is 0. The van der Waals surface area contributed by atoms with Gasteiger partial charge in [-0.2, -0.15) is 9.05 Å². The third kappa shape index (κ3) is 8.17. The molecule has 3 atom stereocenters. The Kier molecular flexibility index (Phi) is 10.8. The summed E-state index contributed by atoms with van der Waals surface area (Å²) in [7, 11) is -0.372. The monoisotopic (exact) mass is 554 g/mol. The number of benzene rings is 3. The molecule has 0 saturated carbocycles. The maximum absolute atomic E-state index is 13.1. The van der Waals surface area contributed by atoms with Crippen molar-refractivity contribution < 1.29 is 27.9 Å². The van der Waals surface area contributed by atoms with Crippen molar-refractivity contribution >= 4 is 28.9 Å². The second kappa shape index (κ2) is 14.5. The maximum Gasteiger partial charge on any atom is 0.425 e. The Morgan fingerprint density at radius 2 is 1.42 bits per heavy atom. The predicted molar refractivity (Wildman–Crippen MR) is 151 cm³/mol. The van der Waals surface area contributed by atoms with Crippen LogP contribution in [-0.4, -0.2) is 36.7 Å². The average molecular weight is 555 g/mol. The second-order valence-corrected chi connectivity index (χ2v) is 12.8. The van der Waals surface area contributed by atoms with E-state index in [1.54, 1.807) is 4.90 Å². The minimum Gasteiger partial charge on any atom is -0.418 e. The van der Waals surface area contributed by atoms with Crippen LogP contribution in [0.1, 0.15) is 41.9 Å². The van der Waals surface area contributed by atoms with Crippen LogP contribution in [0.15, 0.2) is 91.0 Å². The Labute approximate surface area is 227 Å². The predicted octanol–water partition coefficient (Wildman–Crippen LogP) is 6.92. The van der Waals surface area contributed by atoms with Crippen LogP contribution in [-0.2, 0) is 36.3 Å². The smallest absolute Gasteiger partial charge is 0.418 e. The van der Waals surface area contributed by atoms with E-state index in [-0.39, 0.29) is 26.0 Å². The summed E-state index contributed by atoms with van der Waals surface area (Å²) in [5, 5.41) is 0. The standard InChI is InChI=1S/C29H34NO6P2/c31-20-27(26-16-8-3-9-17-26)28-18-10-11-19-30(28)29(32)33-23-36-38(37,34-21-24-12-4-1-5-13-24)35-22-25-14-6-2-7-15-25/h1-9,12-17,20,27-28H,10-11,18-19,21-23,37H2/q+1. The Bertz CT molecular complexity index is 1090. The summed E-state index contributed by atoms with van der Waals surface area (Å²) in [6, 6.07) is 28.7. The van der Waals surface area contributed by atoms with Crippen molar-refractivity contribution in [3.63, 3.8) is 0 Å². The highest BCUT2D eigenvalue weighted by molar-refractivity contribution is 8.16. The van der Waals surface area contributed by atoms with Gasteiger partial charge in [-0.25, -0.2) is 4.79 Å². The number of aldehydes is 1. The first kappa shape index (κ1) is 28.4. The topological polar surface area (TPSA) is 74.3 Å². The van der Waals surface area contributed by atoms with Gasteiger partial charge in [-0.15, -0.1) is 4.52 Å². The number of amides is 1. The van der Waals surface area contributed by atoms with Gasteiger partial charge in [0.1, 0.15) is 28.4 Å². The normalized spacial score (nSPS) is 16.6. The summed E-state index contributed by atoms with van der Waals surface area (Å²) >= 11 is 0. The van der Waals surface area contributed by atoms with Crippen LogP contribution < -0.4 is 0 Å². The number of piperidine rings is 1. The molecule has 0 aliphatic carbocycles. The molecule has 0 radical (unpaired) electrons. The zero-order chi connectivity index (χ0) is 26.6. The summed E-state index contributed by atoms with van der Waals surface area (Å²) in [6.45, 7) is 0.761. The van der Waals surface area contributed by atoms with Crippen LogP contribution in [0.2, 0.25) is 0 Å². The van der Waals surface area contributed by atoms with Crippen LogP contribution in [0.25, 0.3) is 0 Å². The summed E-state index contributed by atoms with van der Waals surface area (Å²) in [4.78, 5) is 26.8. The fraction of sp³-hybridized carbons (Fsp3) is 0.310. The molecule has 1 aliphatic heterocycles. The Morgan fingerprint density at radius 3 is 1.97 bits per heavy atom. The molecule has 1 fully saturated rings. The van der Waals surface area contributed by atoms with Gasteiger partial charge in [0.2, 0.25) is 6.79 Å². The summed E-state index contributed by atoms with van der Waals surface area (Å²) < 4.78 is 23.6. The minimum atomic E-state index is -2.92. The van der Waals surface area contributed by atoms with Gasteiger partial charge in [0.25, 0.3) is 0 Å². The van der Waals surface area contributed by atoms with Crippen LogP contribution >= 0.6 is 16.6 Å². The van der Waals surface area contributed by atoms with E-state index in [4.69, 9.17) is 18.3 Å². The van der Waals surface area contributed by atoms with E-state index in [0.29, 0.717) is 6.54 Å². The number of hydrogen-bond acceptors (Lipinski definition) is 6. The largest absolute Gasteiger partial charge is 0.425 e. The Balaban J connectivity index is 1.38. The van der Waals surface area contributed by atoms with E-state index in [1.165, 1.54) is 0 Å². The van der Waals surface area contributed by atoms with Gasteiger partial charge < -0.3 is 14.4 Å². The highest BCUT2D eigenvalue weighted by Gasteiger charge is 2.41. The van der Waals surface area contributed by atoms with E-state index in [9.17, 15) is 9.59 Å². The van der Waals surface area contributed by atoms with Crippen LogP contribution in [0.4, 0.5) is 4.79 Å². The van der Waals surface area contributed by atoms with Crippen molar-refractivity contribution in [1.29, 1.82) is 0 Å². The molecule has 0 aromatic heterocycles. The maximum atomic E-state index is 13.1. The van der Waals surface area contributed by atoms with Gasteiger partial charge in [0, 0.05) is 12.6 Å². The molecule has 0 spiro atoms. The Morgan fingerprint density at radius 1 is 0.868 bits per heavy atom.